The lowest BCUT2D eigenvalue weighted by Gasteiger charge is -2.26. The largest absolute Gasteiger partial charge is 0.493 e. The minimum absolute atomic E-state index is 0.0952. The van der Waals surface area contributed by atoms with E-state index in [1.54, 1.807) is 36.7 Å². The molecule has 4 N–H and O–H groups in total. The third-order valence-electron chi connectivity index (χ3n) is 6.90. The summed E-state index contributed by atoms with van der Waals surface area (Å²) < 4.78 is 41.0. The van der Waals surface area contributed by atoms with E-state index in [1.165, 1.54) is 26.4 Å². The Morgan fingerprint density at radius 3 is 2.35 bits per heavy atom. The highest BCUT2D eigenvalue weighted by atomic mass is 32.2. The molecule has 0 saturated heterocycles. The van der Waals surface area contributed by atoms with Crippen molar-refractivity contribution in [1.29, 1.82) is 0 Å². The summed E-state index contributed by atoms with van der Waals surface area (Å²) in [5, 5.41) is 16.5. The van der Waals surface area contributed by atoms with Crippen LogP contribution in [0.2, 0.25) is 0 Å². The minimum atomic E-state index is -3.85. The molecule has 4 aromatic rings. The van der Waals surface area contributed by atoms with Crippen molar-refractivity contribution >= 4 is 44.3 Å². The molecule has 12 nitrogen and oxygen atoms in total. The predicted octanol–water partition coefficient (Wildman–Crippen LogP) is 4.12. The van der Waals surface area contributed by atoms with Crippen molar-refractivity contribution in [2.75, 3.05) is 29.6 Å². The number of fused-ring (bicyclic) bond motifs is 1. The van der Waals surface area contributed by atoms with Crippen LogP contribution in [0.5, 0.6) is 11.5 Å². The van der Waals surface area contributed by atoms with Gasteiger partial charge in [-0.1, -0.05) is 0 Å². The smallest absolute Gasteiger partial charge is 0.261 e. The molecule has 0 bridgehead atoms. The first-order chi connectivity index (χ1) is 19.3. The van der Waals surface area contributed by atoms with Gasteiger partial charge in [-0.25, -0.2) is 13.4 Å². The van der Waals surface area contributed by atoms with Crippen LogP contribution in [0, 0.1) is 0 Å². The number of anilines is 4. The number of nitrogens with one attached hydrogen (secondary N) is 3. The molecule has 13 heteroatoms. The van der Waals surface area contributed by atoms with Gasteiger partial charge in [-0.3, -0.25) is 4.72 Å². The van der Waals surface area contributed by atoms with Crippen LogP contribution in [0.4, 0.5) is 23.1 Å². The quantitative estimate of drug-likeness (QED) is 0.220. The Morgan fingerprint density at radius 1 is 0.975 bits per heavy atom. The highest BCUT2D eigenvalue weighted by Crippen LogP contribution is 2.31. The Bertz CT molecular complexity index is 1580. The highest BCUT2D eigenvalue weighted by molar-refractivity contribution is 7.92. The summed E-state index contributed by atoms with van der Waals surface area (Å²) in [6, 6.07) is 11.3. The topological polar surface area (TPSA) is 153 Å². The number of aromatic nitrogens is 4. The normalized spacial score (nSPS) is 17.4. The first-order valence-corrected chi connectivity index (χ1v) is 14.6. The number of rotatable bonds is 10. The molecule has 0 spiro atoms. The van der Waals surface area contributed by atoms with Gasteiger partial charge in [-0.15, -0.1) is 0 Å². The molecule has 5 rings (SSSR count). The zero-order chi connectivity index (χ0) is 28.3. The van der Waals surface area contributed by atoms with E-state index in [2.05, 4.69) is 20.3 Å². The fourth-order valence-corrected chi connectivity index (χ4v) is 5.75. The molecule has 40 heavy (non-hydrogen) atoms. The van der Waals surface area contributed by atoms with Gasteiger partial charge in [-0.05, 0) is 69.0 Å². The van der Waals surface area contributed by atoms with Gasteiger partial charge in [0.25, 0.3) is 10.0 Å². The lowest BCUT2D eigenvalue weighted by molar-refractivity contribution is 0.126. The number of benzene rings is 2. The number of aliphatic hydroxyl groups is 1. The van der Waals surface area contributed by atoms with E-state index >= 15 is 0 Å². The Labute approximate surface area is 232 Å². The van der Waals surface area contributed by atoms with Crippen molar-refractivity contribution in [2.45, 2.75) is 56.2 Å². The van der Waals surface area contributed by atoms with Crippen LogP contribution in [0.3, 0.4) is 0 Å². The van der Waals surface area contributed by atoms with Crippen LogP contribution in [-0.2, 0) is 16.6 Å². The first-order valence-electron chi connectivity index (χ1n) is 13.1. The van der Waals surface area contributed by atoms with E-state index in [0.717, 1.165) is 25.7 Å². The van der Waals surface area contributed by atoms with Crippen LogP contribution in [0.15, 0.2) is 53.7 Å². The van der Waals surface area contributed by atoms with Gasteiger partial charge in [0.15, 0.2) is 28.5 Å². The van der Waals surface area contributed by atoms with E-state index in [0.29, 0.717) is 52.3 Å². The summed E-state index contributed by atoms with van der Waals surface area (Å²) in [6.07, 6.45) is 4.64. The molecule has 0 atom stereocenters. The van der Waals surface area contributed by atoms with E-state index in [1.807, 2.05) is 11.5 Å². The van der Waals surface area contributed by atoms with E-state index < -0.39 is 10.0 Å². The molecule has 1 saturated carbocycles. The molecule has 2 aromatic heterocycles. The second-order valence-corrected chi connectivity index (χ2v) is 11.3. The maximum absolute atomic E-state index is 13.0. The highest BCUT2D eigenvalue weighted by Gasteiger charge is 2.22. The zero-order valence-electron chi connectivity index (χ0n) is 22.6. The molecule has 1 aliphatic rings. The number of hydrogen-bond donors (Lipinski definition) is 4. The predicted molar refractivity (Wildman–Crippen MR) is 153 cm³/mol. The molecule has 2 heterocycles. The fourth-order valence-electron chi connectivity index (χ4n) is 4.70. The molecule has 0 amide bonds. The summed E-state index contributed by atoms with van der Waals surface area (Å²) in [4.78, 5) is 14.0. The lowest BCUT2D eigenvalue weighted by Crippen LogP contribution is -2.29. The molecular weight excluding hydrogens is 534 g/mol. The molecular formula is C27H33N7O5S. The van der Waals surface area contributed by atoms with E-state index in [4.69, 9.17) is 19.4 Å². The van der Waals surface area contributed by atoms with Crippen LogP contribution in [0.25, 0.3) is 11.2 Å². The number of methoxy groups -OCH3 is 2. The SMILES string of the molecule is CCn1cnc2c(Nc3ccc(S(=O)(=O)Nc4ccc(OC)c(OC)c4)cc3)nc(NC3CCC(O)CC3)nc21. The Morgan fingerprint density at radius 2 is 1.68 bits per heavy atom. The standard InChI is InChI=1S/C27H33N7O5S/c1-4-34-16-28-24-25(31-27(32-26(24)34)30-18-5-10-20(35)11-6-18)29-17-7-12-21(13-8-17)40(36,37)33-19-9-14-22(38-2)23(15-19)39-3/h7-9,12-16,18,20,33,35H,4-6,10-11H2,1-3H3,(H2,29,30,31,32). The lowest BCUT2D eigenvalue weighted by atomic mass is 9.93. The maximum atomic E-state index is 13.0. The van der Waals surface area contributed by atoms with Gasteiger partial charge in [0.1, 0.15) is 0 Å². The van der Waals surface area contributed by atoms with Gasteiger partial charge >= 0.3 is 0 Å². The Kier molecular flexibility index (Phi) is 7.94. The number of aryl methyl sites for hydroxylation is 1. The Hall–Kier alpha value is -4.10. The fraction of sp³-hybridized carbons (Fsp3) is 0.370. The molecule has 212 valence electrons. The van der Waals surface area contributed by atoms with Crippen LogP contribution in [-0.4, -0.2) is 59.4 Å². The first kappa shape index (κ1) is 27.5. The van der Waals surface area contributed by atoms with Crippen LogP contribution >= 0.6 is 0 Å². The second kappa shape index (κ2) is 11.6. The van der Waals surface area contributed by atoms with Crippen LogP contribution < -0.4 is 24.8 Å². The van der Waals surface area contributed by atoms with Crippen molar-refractivity contribution in [3.63, 3.8) is 0 Å². The number of nitrogens with zero attached hydrogens (tertiary/aromatic N) is 4. The van der Waals surface area contributed by atoms with Gasteiger partial charge < -0.3 is 29.8 Å². The third kappa shape index (κ3) is 5.89. The van der Waals surface area contributed by atoms with E-state index in [-0.39, 0.29) is 17.0 Å². The number of imidazole rings is 1. The zero-order valence-corrected chi connectivity index (χ0v) is 23.4. The van der Waals surface area contributed by atoms with Crippen molar-refractivity contribution in [1.82, 2.24) is 19.5 Å². The van der Waals surface area contributed by atoms with Gasteiger partial charge in [-0.2, -0.15) is 9.97 Å². The van der Waals surface area contributed by atoms with Gasteiger partial charge in [0, 0.05) is 24.3 Å². The average Bonchev–Trinajstić information content (AvgIpc) is 3.37. The molecule has 1 aliphatic carbocycles. The summed E-state index contributed by atoms with van der Waals surface area (Å²) in [5.41, 5.74) is 2.29. The van der Waals surface area contributed by atoms with Gasteiger partial charge in [0.2, 0.25) is 5.95 Å². The monoisotopic (exact) mass is 567 g/mol. The summed E-state index contributed by atoms with van der Waals surface area (Å²) >= 11 is 0. The molecule has 0 aliphatic heterocycles. The number of hydrogen-bond acceptors (Lipinski definition) is 10. The van der Waals surface area contributed by atoms with Crippen molar-refractivity contribution in [3.8, 4) is 11.5 Å². The molecule has 1 fully saturated rings. The number of sulfonamides is 1. The molecule has 0 unspecified atom stereocenters. The maximum Gasteiger partial charge on any atom is 0.261 e. The summed E-state index contributed by atoms with van der Waals surface area (Å²) in [7, 11) is -0.853. The second-order valence-electron chi connectivity index (χ2n) is 9.57. The average molecular weight is 568 g/mol. The summed E-state index contributed by atoms with van der Waals surface area (Å²) in [6.45, 7) is 2.71. The Balaban J connectivity index is 1.36. The number of aliphatic hydroxyl groups excluding tert-OH is 1. The molecule has 0 radical (unpaired) electrons. The third-order valence-corrected chi connectivity index (χ3v) is 8.29. The minimum Gasteiger partial charge on any atom is -0.493 e. The van der Waals surface area contributed by atoms with Crippen molar-refractivity contribution < 1.29 is 23.0 Å². The van der Waals surface area contributed by atoms with Crippen LogP contribution in [0.1, 0.15) is 32.6 Å². The van der Waals surface area contributed by atoms with Crippen molar-refractivity contribution in [2.24, 2.45) is 0 Å². The number of ether oxygens (including phenoxy) is 2. The van der Waals surface area contributed by atoms with Gasteiger partial charge in [0.05, 0.1) is 37.2 Å². The van der Waals surface area contributed by atoms with Crippen molar-refractivity contribution in [3.05, 3.63) is 48.8 Å². The molecule has 2 aromatic carbocycles. The summed E-state index contributed by atoms with van der Waals surface area (Å²) in [5.74, 6) is 1.90. The van der Waals surface area contributed by atoms with E-state index in [9.17, 15) is 13.5 Å².